The van der Waals surface area contributed by atoms with Gasteiger partial charge in [-0.15, -0.1) is 0 Å². The first-order valence-corrected chi connectivity index (χ1v) is 12.5. The van der Waals surface area contributed by atoms with Crippen LogP contribution in [0.5, 0.6) is 5.75 Å². The van der Waals surface area contributed by atoms with Crippen molar-refractivity contribution in [3.63, 3.8) is 0 Å². The second kappa shape index (κ2) is 11.0. The number of halogens is 2. The van der Waals surface area contributed by atoms with E-state index in [2.05, 4.69) is 0 Å². The summed E-state index contributed by atoms with van der Waals surface area (Å²) >= 11 is 0. The largest absolute Gasteiger partial charge is 0.497 e. The highest BCUT2D eigenvalue weighted by molar-refractivity contribution is 5.85. The number of piperidine rings is 1. The zero-order valence-electron chi connectivity index (χ0n) is 21.7. The van der Waals surface area contributed by atoms with E-state index in [1.54, 1.807) is 69.5 Å². The Labute approximate surface area is 220 Å². The third-order valence-corrected chi connectivity index (χ3v) is 7.00. The average Bonchev–Trinajstić information content (AvgIpc) is 3.19. The molecule has 0 aliphatic carbocycles. The minimum Gasteiger partial charge on any atom is -0.497 e. The normalized spacial score (nSPS) is 20.6. The molecule has 2 fully saturated rings. The number of likely N-dealkylation sites (tertiary alicyclic amines) is 2. The zero-order chi connectivity index (χ0) is 27.5. The molecule has 8 nitrogen and oxygen atoms in total. The van der Waals surface area contributed by atoms with E-state index in [9.17, 15) is 14.4 Å². The Morgan fingerprint density at radius 2 is 1.63 bits per heavy atom. The number of carbonyl (C=O) groups excluding carboxylic acids is 3. The van der Waals surface area contributed by atoms with Gasteiger partial charge in [-0.3, -0.25) is 14.5 Å². The number of amides is 2. The van der Waals surface area contributed by atoms with Gasteiger partial charge in [0.15, 0.2) is 0 Å². The van der Waals surface area contributed by atoms with Gasteiger partial charge in [0, 0.05) is 13.1 Å². The van der Waals surface area contributed by atoms with Gasteiger partial charge in [0.2, 0.25) is 5.91 Å². The van der Waals surface area contributed by atoms with Crippen molar-refractivity contribution >= 4 is 18.0 Å². The first-order chi connectivity index (χ1) is 18.0. The SMILES string of the molecule is COc1ccc(COC(=O)C(C)(C)CN2CC[C@H]3[C@@H](C2=O)C(F)(F)CN3C(=O)OCc2ccccc2)cc1. The first-order valence-electron chi connectivity index (χ1n) is 12.5. The molecule has 2 amide bonds. The molecule has 2 aliphatic rings. The van der Waals surface area contributed by atoms with Crippen LogP contribution < -0.4 is 4.74 Å². The summed E-state index contributed by atoms with van der Waals surface area (Å²) in [5.41, 5.74) is 0.365. The first kappa shape index (κ1) is 27.3. The van der Waals surface area contributed by atoms with Gasteiger partial charge >= 0.3 is 12.1 Å². The smallest absolute Gasteiger partial charge is 0.410 e. The molecule has 0 radical (unpaired) electrons. The Kier molecular flexibility index (Phi) is 7.89. The van der Waals surface area contributed by atoms with Crippen molar-refractivity contribution in [2.24, 2.45) is 11.3 Å². The van der Waals surface area contributed by atoms with Crippen LogP contribution >= 0.6 is 0 Å². The molecule has 2 aromatic rings. The summed E-state index contributed by atoms with van der Waals surface area (Å²) in [5, 5.41) is 0. The molecule has 0 aromatic heterocycles. The third-order valence-electron chi connectivity index (χ3n) is 7.00. The molecule has 0 bridgehead atoms. The number of nitrogens with zero attached hydrogens (tertiary/aromatic N) is 2. The summed E-state index contributed by atoms with van der Waals surface area (Å²) < 4.78 is 45.9. The van der Waals surface area contributed by atoms with Crippen LogP contribution in [-0.2, 0) is 32.3 Å². The van der Waals surface area contributed by atoms with Crippen LogP contribution in [0.15, 0.2) is 54.6 Å². The van der Waals surface area contributed by atoms with Crippen LogP contribution in [0.3, 0.4) is 0 Å². The van der Waals surface area contributed by atoms with Crippen LogP contribution in [0.25, 0.3) is 0 Å². The van der Waals surface area contributed by atoms with E-state index in [-0.39, 0.29) is 32.7 Å². The van der Waals surface area contributed by atoms with Crippen molar-refractivity contribution in [3.8, 4) is 5.75 Å². The molecule has 2 atom stereocenters. The Hall–Kier alpha value is -3.69. The minimum atomic E-state index is -3.41. The van der Waals surface area contributed by atoms with Gasteiger partial charge in [-0.1, -0.05) is 42.5 Å². The van der Waals surface area contributed by atoms with Gasteiger partial charge in [0.05, 0.1) is 25.1 Å². The fourth-order valence-corrected chi connectivity index (χ4v) is 4.93. The van der Waals surface area contributed by atoms with E-state index in [4.69, 9.17) is 14.2 Å². The molecule has 2 heterocycles. The van der Waals surface area contributed by atoms with Crippen molar-refractivity contribution in [2.75, 3.05) is 26.7 Å². The molecule has 0 saturated carbocycles. The average molecular weight is 531 g/mol. The monoisotopic (exact) mass is 530 g/mol. The molecule has 4 rings (SSSR count). The lowest BCUT2D eigenvalue weighted by atomic mass is 9.86. The fraction of sp³-hybridized carbons (Fsp3) is 0.464. The summed E-state index contributed by atoms with van der Waals surface area (Å²) in [6, 6.07) is 15.0. The molecule has 2 saturated heterocycles. The summed E-state index contributed by atoms with van der Waals surface area (Å²) in [6.07, 6.45) is -0.714. The maximum Gasteiger partial charge on any atom is 0.410 e. The maximum absolute atomic E-state index is 15.0. The van der Waals surface area contributed by atoms with Crippen molar-refractivity contribution in [1.82, 2.24) is 9.80 Å². The second-order valence-corrected chi connectivity index (χ2v) is 10.3. The highest BCUT2D eigenvalue weighted by Crippen LogP contribution is 2.43. The van der Waals surface area contributed by atoms with Crippen LogP contribution in [-0.4, -0.2) is 66.5 Å². The number of hydrogen-bond acceptors (Lipinski definition) is 6. The number of ether oxygens (including phenoxy) is 3. The number of alkyl halides is 2. The highest BCUT2D eigenvalue weighted by atomic mass is 19.3. The Morgan fingerprint density at radius 1 is 1.00 bits per heavy atom. The van der Waals surface area contributed by atoms with Crippen molar-refractivity contribution in [2.45, 2.75) is 45.4 Å². The molecule has 2 aliphatic heterocycles. The number of fused-ring (bicyclic) bond motifs is 1. The number of hydrogen-bond donors (Lipinski definition) is 0. The lowest BCUT2D eigenvalue weighted by Gasteiger charge is -2.40. The van der Waals surface area contributed by atoms with Crippen LogP contribution in [0, 0.1) is 11.3 Å². The molecule has 2 aromatic carbocycles. The summed E-state index contributed by atoms with van der Waals surface area (Å²) in [5.74, 6) is -5.75. The number of benzene rings is 2. The number of rotatable bonds is 8. The third kappa shape index (κ3) is 5.89. The van der Waals surface area contributed by atoms with E-state index in [1.165, 1.54) is 4.90 Å². The van der Waals surface area contributed by atoms with Gasteiger partial charge in [-0.2, -0.15) is 0 Å². The van der Waals surface area contributed by atoms with Gasteiger partial charge in [0.1, 0.15) is 24.9 Å². The predicted molar refractivity (Wildman–Crippen MR) is 133 cm³/mol. The fourth-order valence-electron chi connectivity index (χ4n) is 4.93. The van der Waals surface area contributed by atoms with Crippen LogP contribution in [0.4, 0.5) is 13.6 Å². The maximum atomic E-state index is 15.0. The lowest BCUT2D eigenvalue weighted by molar-refractivity contribution is -0.161. The second-order valence-electron chi connectivity index (χ2n) is 10.3. The van der Waals surface area contributed by atoms with Gasteiger partial charge in [-0.25, -0.2) is 13.6 Å². The number of carbonyl (C=O) groups is 3. The standard InChI is InChI=1S/C28H32F2N2O6/c1-27(2,25(34)37-15-20-9-11-21(36-3)12-10-20)17-31-14-13-22-23(24(31)33)28(29,30)18-32(22)26(35)38-16-19-7-5-4-6-8-19/h4-12,22-23H,13-18H2,1-3H3/t22-,23-/m0/s1. The molecular formula is C28H32F2N2O6. The van der Waals surface area contributed by atoms with E-state index in [0.29, 0.717) is 5.75 Å². The lowest BCUT2D eigenvalue weighted by Crippen LogP contribution is -2.56. The van der Waals surface area contributed by atoms with Crippen molar-refractivity contribution in [1.29, 1.82) is 0 Å². The highest BCUT2D eigenvalue weighted by Gasteiger charge is 2.62. The van der Waals surface area contributed by atoms with E-state index >= 15 is 8.78 Å². The van der Waals surface area contributed by atoms with E-state index in [0.717, 1.165) is 16.0 Å². The quantitative estimate of drug-likeness (QED) is 0.474. The van der Waals surface area contributed by atoms with E-state index in [1.807, 2.05) is 6.07 Å². The Balaban J connectivity index is 1.36. The zero-order valence-corrected chi connectivity index (χ0v) is 21.7. The number of methoxy groups -OCH3 is 1. The molecular weight excluding hydrogens is 498 g/mol. The van der Waals surface area contributed by atoms with E-state index < -0.39 is 47.8 Å². The topological polar surface area (TPSA) is 85.4 Å². The minimum absolute atomic E-state index is 0.0308. The summed E-state index contributed by atoms with van der Waals surface area (Å²) in [4.78, 5) is 41.0. The molecule has 38 heavy (non-hydrogen) atoms. The van der Waals surface area contributed by atoms with Crippen LogP contribution in [0.1, 0.15) is 31.4 Å². The molecule has 204 valence electrons. The molecule has 0 unspecified atom stereocenters. The van der Waals surface area contributed by atoms with Crippen LogP contribution in [0.2, 0.25) is 0 Å². The molecule has 10 heteroatoms. The summed E-state index contributed by atoms with van der Waals surface area (Å²) in [7, 11) is 1.55. The Morgan fingerprint density at radius 3 is 2.29 bits per heavy atom. The summed E-state index contributed by atoms with van der Waals surface area (Å²) in [6.45, 7) is 2.38. The number of esters is 1. The van der Waals surface area contributed by atoms with Gasteiger partial charge in [0.25, 0.3) is 5.92 Å². The van der Waals surface area contributed by atoms with Gasteiger partial charge in [-0.05, 0) is 43.5 Å². The van der Waals surface area contributed by atoms with Crippen molar-refractivity contribution in [3.05, 3.63) is 65.7 Å². The van der Waals surface area contributed by atoms with Gasteiger partial charge < -0.3 is 19.1 Å². The predicted octanol–water partition coefficient (Wildman–Crippen LogP) is 4.27. The van der Waals surface area contributed by atoms with Crippen molar-refractivity contribution < 1.29 is 37.4 Å². The molecule has 0 N–H and O–H groups in total. The Bertz CT molecular complexity index is 1160. The molecule has 0 spiro atoms.